The van der Waals surface area contributed by atoms with E-state index in [1.54, 1.807) is 23.6 Å². The molecule has 35 heavy (non-hydrogen) atoms. The van der Waals surface area contributed by atoms with Crippen molar-refractivity contribution in [2.45, 2.75) is 32.4 Å². The molecule has 2 aromatic heterocycles. The standard InChI is InChI=1S/C25H23N5O4S/c1-14-27-20(13-35-14)16-3-2-4-18(10-16)28-25(34)26-11-15-5-6-19-17(9-15)12-30(24(19)33)21-7-8-22(31)29-23(21)32/h2-6,9-10,12-13,21,33H,7-8,11H2,1H3,(H2,26,28,34)(H,29,31,32). The van der Waals surface area contributed by atoms with Gasteiger partial charge in [-0.05, 0) is 43.2 Å². The van der Waals surface area contributed by atoms with Gasteiger partial charge in [-0.25, -0.2) is 9.78 Å². The summed E-state index contributed by atoms with van der Waals surface area (Å²) in [5.41, 5.74) is 3.29. The Hall–Kier alpha value is -4.18. The SMILES string of the molecule is Cc1nc(-c2cccc(NC(=O)NCc3ccc4c(O)n(C5CCC(=O)NC5=O)cc4c3)c2)cs1. The van der Waals surface area contributed by atoms with Gasteiger partial charge in [-0.1, -0.05) is 18.2 Å². The molecule has 1 unspecified atom stereocenters. The van der Waals surface area contributed by atoms with Gasteiger partial charge in [0, 0.05) is 46.6 Å². The first kappa shape index (κ1) is 22.6. The molecule has 0 saturated carbocycles. The zero-order chi connectivity index (χ0) is 24.5. The van der Waals surface area contributed by atoms with Crippen molar-refractivity contribution in [1.82, 2.24) is 20.2 Å². The molecule has 4 aromatic rings. The first-order valence-corrected chi connectivity index (χ1v) is 12.0. The monoisotopic (exact) mass is 489 g/mol. The Morgan fingerprint density at radius 1 is 1.26 bits per heavy atom. The number of imide groups is 1. The number of urea groups is 1. The molecule has 178 valence electrons. The molecule has 4 amide bonds. The van der Waals surface area contributed by atoms with Crippen LogP contribution in [0.5, 0.6) is 5.88 Å². The highest BCUT2D eigenvalue weighted by atomic mass is 32.1. The van der Waals surface area contributed by atoms with E-state index in [2.05, 4.69) is 20.9 Å². The Morgan fingerprint density at radius 2 is 2.11 bits per heavy atom. The normalized spacial score (nSPS) is 15.7. The Morgan fingerprint density at radius 3 is 2.89 bits per heavy atom. The number of aromatic hydroxyl groups is 1. The first-order chi connectivity index (χ1) is 16.9. The summed E-state index contributed by atoms with van der Waals surface area (Å²) in [7, 11) is 0. The second-order valence-corrected chi connectivity index (χ2v) is 9.45. The van der Waals surface area contributed by atoms with Crippen molar-refractivity contribution >= 4 is 45.6 Å². The van der Waals surface area contributed by atoms with E-state index in [9.17, 15) is 19.5 Å². The van der Waals surface area contributed by atoms with Crippen LogP contribution in [-0.4, -0.2) is 32.5 Å². The van der Waals surface area contributed by atoms with Crippen molar-refractivity contribution in [2.24, 2.45) is 0 Å². The van der Waals surface area contributed by atoms with Gasteiger partial charge in [0.05, 0.1) is 10.7 Å². The maximum absolute atomic E-state index is 12.5. The van der Waals surface area contributed by atoms with Crippen molar-refractivity contribution in [3.8, 4) is 17.1 Å². The summed E-state index contributed by atoms with van der Waals surface area (Å²) in [5, 5.41) is 22.9. The van der Waals surface area contributed by atoms with E-state index in [4.69, 9.17) is 0 Å². The third kappa shape index (κ3) is 4.73. The number of benzene rings is 2. The summed E-state index contributed by atoms with van der Waals surface area (Å²) in [5.74, 6) is -0.759. The van der Waals surface area contributed by atoms with Crippen LogP contribution in [0.1, 0.15) is 29.5 Å². The number of thiazole rings is 1. The number of rotatable bonds is 5. The van der Waals surface area contributed by atoms with E-state index in [0.29, 0.717) is 17.5 Å². The number of aromatic nitrogens is 2. The van der Waals surface area contributed by atoms with Crippen molar-refractivity contribution in [3.05, 3.63) is 64.6 Å². The number of amides is 4. The zero-order valence-corrected chi connectivity index (χ0v) is 19.7. The largest absolute Gasteiger partial charge is 0.494 e. The van der Waals surface area contributed by atoms with E-state index >= 15 is 0 Å². The van der Waals surface area contributed by atoms with E-state index < -0.39 is 11.9 Å². The average molecular weight is 490 g/mol. The van der Waals surface area contributed by atoms with Crippen molar-refractivity contribution in [3.63, 3.8) is 0 Å². The molecule has 9 nitrogen and oxygen atoms in total. The Balaban J connectivity index is 1.25. The smallest absolute Gasteiger partial charge is 0.319 e. The molecule has 3 heterocycles. The molecule has 1 aliphatic heterocycles. The molecule has 4 N–H and O–H groups in total. The van der Waals surface area contributed by atoms with Crippen LogP contribution in [0.2, 0.25) is 0 Å². The summed E-state index contributed by atoms with van der Waals surface area (Å²) in [6.07, 6.45) is 2.25. The molecule has 5 rings (SSSR count). The minimum atomic E-state index is -0.642. The number of carbonyl (C=O) groups excluding carboxylic acids is 3. The average Bonchev–Trinajstić information content (AvgIpc) is 3.41. The molecule has 0 bridgehead atoms. The predicted octanol–water partition coefficient (Wildman–Crippen LogP) is 4.08. The van der Waals surface area contributed by atoms with Crippen molar-refractivity contribution in [1.29, 1.82) is 0 Å². The fourth-order valence-corrected chi connectivity index (χ4v) is 4.80. The van der Waals surface area contributed by atoms with Crippen LogP contribution >= 0.6 is 11.3 Å². The summed E-state index contributed by atoms with van der Waals surface area (Å²) in [4.78, 5) is 40.6. The van der Waals surface area contributed by atoms with Crippen LogP contribution in [0.3, 0.4) is 0 Å². The third-order valence-corrected chi connectivity index (χ3v) is 6.69. The number of hydrogen-bond acceptors (Lipinski definition) is 6. The van der Waals surface area contributed by atoms with Crippen LogP contribution in [0.25, 0.3) is 22.0 Å². The summed E-state index contributed by atoms with van der Waals surface area (Å²) < 4.78 is 1.49. The Kier molecular flexibility index (Phi) is 5.96. The van der Waals surface area contributed by atoms with Gasteiger partial charge in [0.2, 0.25) is 11.8 Å². The topological polar surface area (TPSA) is 125 Å². The molecule has 0 spiro atoms. The van der Waals surface area contributed by atoms with Crippen molar-refractivity contribution in [2.75, 3.05) is 5.32 Å². The quantitative estimate of drug-likeness (QED) is 0.314. The lowest BCUT2D eigenvalue weighted by Crippen LogP contribution is -2.41. The van der Waals surface area contributed by atoms with E-state index in [-0.39, 0.29) is 30.8 Å². The summed E-state index contributed by atoms with van der Waals surface area (Å²) in [6, 6.07) is 11.9. The summed E-state index contributed by atoms with van der Waals surface area (Å²) in [6.45, 7) is 2.23. The number of piperidine rings is 1. The van der Waals surface area contributed by atoms with Gasteiger partial charge in [0.1, 0.15) is 6.04 Å². The van der Waals surface area contributed by atoms with Gasteiger partial charge < -0.3 is 20.3 Å². The maximum atomic E-state index is 12.5. The van der Waals surface area contributed by atoms with Crippen LogP contribution in [0.15, 0.2) is 54.0 Å². The molecule has 1 saturated heterocycles. The second-order valence-electron chi connectivity index (χ2n) is 8.39. The molecule has 1 fully saturated rings. The van der Waals surface area contributed by atoms with Crippen LogP contribution < -0.4 is 16.0 Å². The minimum absolute atomic E-state index is 0.0260. The molecular formula is C25H23N5O4S. The van der Waals surface area contributed by atoms with Gasteiger partial charge in [-0.3, -0.25) is 14.9 Å². The lowest BCUT2D eigenvalue weighted by Gasteiger charge is -2.22. The molecular weight excluding hydrogens is 466 g/mol. The molecule has 1 aliphatic rings. The second kappa shape index (κ2) is 9.22. The van der Waals surface area contributed by atoms with Gasteiger partial charge in [0.25, 0.3) is 0 Å². The van der Waals surface area contributed by atoms with E-state index in [1.165, 1.54) is 4.57 Å². The number of aryl methyl sites for hydroxylation is 1. The number of fused-ring (bicyclic) bond motifs is 1. The number of nitrogens with one attached hydrogen (secondary N) is 3. The van der Waals surface area contributed by atoms with Crippen LogP contribution in [-0.2, 0) is 16.1 Å². The number of carbonyl (C=O) groups is 3. The van der Waals surface area contributed by atoms with E-state index in [1.807, 2.05) is 48.7 Å². The fraction of sp³-hybridized carbons (Fsp3) is 0.200. The molecule has 1 atom stereocenters. The molecule has 0 aliphatic carbocycles. The summed E-state index contributed by atoms with van der Waals surface area (Å²) >= 11 is 1.57. The Labute approximate surface area is 204 Å². The predicted molar refractivity (Wildman–Crippen MR) is 133 cm³/mol. The number of hydrogen-bond donors (Lipinski definition) is 4. The van der Waals surface area contributed by atoms with Crippen LogP contribution in [0.4, 0.5) is 10.5 Å². The first-order valence-electron chi connectivity index (χ1n) is 11.1. The van der Waals surface area contributed by atoms with Gasteiger partial charge in [0.15, 0.2) is 5.88 Å². The van der Waals surface area contributed by atoms with E-state index in [0.717, 1.165) is 27.2 Å². The highest BCUT2D eigenvalue weighted by Gasteiger charge is 2.30. The lowest BCUT2D eigenvalue weighted by molar-refractivity contribution is -0.135. The Bertz CT molecular complexity index is 1460. The van der Waals surface area contributed by atoms with Gasteiger partial charge in [-0.15, -0.1) is 11.3 Å². The molecule has 0 radical (unpaired) electrons. The highest BCUT2D eigenvalue weighted by molar-refractivity contribution is 7.09. The van der Waals surface area contributed by atoms with Gasteiger partial charge >= 0.3 is 6.03 Å². The lowest BCUT2D eigenvalue weighted by atomic mass is 10.1. The molecule has 10 heteroatoms. The molecule has 2 aromatic carbocycles. The van der Waals surface area contributed by atoms with Crippen LogP contribution in [0, 0.1) is 6.92 Å². The number of nitrogens with zero attached hydrogens (tertiary/aromatic N) is 2. The minimum Gasteiger partial charge on any atom is -0.494 e. The fourth-order valence-electron chi connectivity index (χ4n) is 4.18. The third-order valence-electron chi connectivity index (χ3n) is 5.91. The maximum Gasteiger partial charge on any atom is 0.319 e. The highest BCUT2D eigenvalue weighted by Crippen LogP contribution is 2.33. The zero-order valence-electron chi connectivity index (χ0n) is 18.9. The van der Waals surface area contributed by atoms with Gasteiger partial charge in [-0.2, -0.15) is 0 Å². The number of anilines is 1. The van der Waals surface area contributed by atoms with Crippen molar-refractivity contribution < 1.29 is 19.5 Å².